The maximum atomic E-state index is 12.7. The predicted octanol–water partition coefficient (Wildman–Crippen LogP) is 4.49. The van der Waals surface area contributed by atoms with Crippen molar-refractivity contribution in [1.82, 2.24) is 5.32 Å². The van der Waals surface area contributed by atoms with E-state index in [0.717, 1.165) is 22.4 Å². The van der Waals surface area contributed by atoms with Crippen molar-refractivity contribution in [3.05, 3.63) is 59.2 Å². The summed E-state index contributed by atoms with van der Waals surface area (Å²) in [7, 11) is 0. The second-order valence-electron chi connectivity index (χ2n) is 7.74. The molecule has 0 aromatic heterocycles. The van der Waals surface area contributed by atoms with Gasteiger partial charge in [0, 0.05) is 12.0 Å². The Morgan fingerprint density at radius 3 is 2.50 bits per heavy atom. The van der Waals surface area contributed by atoms with Crippen molar-refractivity contribution in [2.75, 3.05) is 0 Å². The van der Waals surface area contributed by atoms with Gasteiger partial charge in [-0.05, 0) is 52.8 Å². The fraction of sp³-hybridized carbons (Fsp3) is 0.409. The molecule has 4 nitrogen and oxygen atoms in total. The number of ether oxygens (including phenoxy) is 2. The van der Waals surface area contributed by atoms with Gasteiger partial charge in [0.05, 0.1) is 6.04 Å². The van der Waals surface area contributed by atoms with Crippen LogP contribution in [0.5, 0.6) is 11.5 Å². The van der Waals surface area contributed by atoms with Crippen LogP contribution in [0.3, 0.4) is 0 Å². The third-order valence-electron chi connectivity index (χ3n) is 4.64. The number of fused-ring (bicyclic) bond motifs is 1. The highest BCUT2D eigenvalue weighted by Gasteiger charge is 2.35. The van der Waals surface area contributed by atoms with E-state index in [1.165, 1.54) is 0 Å². The summed E-state index contributed by atoms with van der Waals surface area (Å²) in [6.45, 7) is 9.92. The standard InChI is InChI=1S/C22H27NO3/c1-14-6-9-17(10-7-14)25-16(3)21(24)23-19-13-22(4,5)26-20-11-8-15(2)12-18(19)20/h6-12,16,19H,13H2,1-5H3,(H,23,24)/t16-,19+/m0/s1. The van der Waals surface area contributed by atoms with Gasteiger partial charge in [-0.3, -0.25) is 4.79 Å². The molecule has 1 amide bonds. The lowest BCUT2D eigenvalue weighted by atomic mass is 9.89. The van der Waals surface area contributed by atoms with Gasteiger partial charge in [0.2, 0.25) is 0 Å². The Kier molecular flexibility index (Phi) is 4.94. The van der Waals surface area contributed by atoms with Crippen LogP contribution in [-0.2, 0) is 4.79 Å². The Bertz CT molecular complexity index is 796. The van der Waals surface area contributed by atoms with Crippen LogP contribution in [0, 0.1) is 13.8 Å². The lowest BCUT2D eigenvalue weighted by Gasteiger charge is -2.38. The number of amides is 1. The normalized spacial score (nSPS) is 19.0. The molecule has 1 aliphatic heterocycles. The summed E-state index contributed by atoms with van der Waals surface area (Å²) in [5.41, 5.74) is 3.00. The largest absolute Gasteiger partial charge is 0.487 e. The molecule has 1 heterocycles. The van der Waals surface area contributed by atoms with Crippen molar-refractivity contribution in [1.29, 1.82) is 0 Å². The number of aryl methyl sites for hydroxylation is 2. The topological polar surface area (TPSA) is 47.6 Å². The summed E-state index contributed by atoms with van der Waals surface area (Å²) in [6, 6.07) is 13.7. The van der Waals surface area contributed by atoms with E-state index in [2.05, 4.69) is 11.4 Å². The van der Waals surface area contributed by atoms with Crippen molar-refractivity contribution in [3.8, 4) is 11.5 Å². The fourth-order valence-corrected chi connectivity index (χ4v) is 3.27. The van der Waals surface area contributed by atoms with Gasteiger partial charge >= 0.3 is 0 Å². The second-order valence-corrected chi connectivity index (χ2v) is 7.74. The van der Waals surface area contributed by atoms with E-state index < -0.39 is 6.10 Å². The molecule has 0 saturated heterocycles. The number of hydrogen-bond donors (Lipinski definition) is 1. The second kappa shape index (κ2) is 7.02. The number of nitrogens with one attached hydrogen (secondary N) is 1. The molecule has 26 heavy (non-hydrogen) atoms. The summed E-state index contributed by atoms with van der Waals surface area (Å²) in [6.07, 6.45) is 0.142. The number of rotatable bonds is 4. The molecular weight excluding hydrogens is 326 g/mol. The lowest BCUT2D eigenvalue weighted by molar-refractivity contribution is -0.128. The lowest BCUT2D eigenvalue weighted by Crippen LogP contribution is -2.44. The van der Waals surface area contributed by atoms with Gasteiger partial charge in [0.1, 0.15) is 17.1 Å². The minimum atomic E-state index is -0.572. The van der Waals surface area contributed by atoms with Gasteiger partial charge in [-0.2, -0.15) is 0 Å². The Balaban J connectivity index is 1.74. The first-order chi connectivity index (χ1) is 12.2. The zero-order chi connectivity index (χ0) is 18.9. The molecule has 3 rings (SSSR count). The van der Waals surface area contributed by atoms with Crippen molar-refractivity contribution >= 4 is 5.91 Å². The molecule has 1 N–H and O–H groups in total. The Hall–Kier alpha value is -2.49. The number of benzene rings is 2. The van der Waals surface area contributed by atoms with E-state index in [1.807, 2.05) is 64.1 Å². The van der Waals surface area contributed by atoms with Crippen LogP contribution in [0.2, 0.25) is 0 Å². The van der Waals surface area contributed by atoms with Crippen LogP contribution in [0.25, 0.3) is 0 Å². The van der Waals surface area contributed by atoms with Crippen molar-refractivity contribution in [2.24, 2.45) is 0 Å². The van der Waals surface area contributed by atoms with Gasteiger partial charge in [0.25, 0.3) is 5.91 Å². The molecule has 0 radical (unpaired) electrons. The van der Waals surface area contributed by atoms with Crippen LogP contribution < -0.4 is 14.8 Å². The predicted molar refractivity (Wildman–Crippen MR) is 103 cm³/mol. The monoisotopic (exact) mass is 353 g/mol. The van der Waals surface area contributed by atoms with E-state index in [0.29, 0.717) is 12.2 Å². The minimum absolute atomic E-state index is 0.0924. The molecule has 2 atom stereocenters. The summed E-state index contributed by atoms with van der Waals surface area (Å²) >= 11 is 0. The first kappa shape index (κ1) is 18.3. The summed E-state index contributed by atoms with van der Waals surface area (Å²) < 4.78 is 11.9. The molecule has 0 fully saturated rings. The molecular formula is C22H27NO3. The highest BCUT2D eigenvalue weighted by atomic mass is 16.5. The zero-order valence-electron chi connectivity index (χ0n) is 16.1. The first-order valence-electron chi connectivity index (χ1n) is 9.07. The highest BCUT2D eigenvalue weighted by molar-refractivity contribution is 5.81. The molecule has 2 aromatic rings. The SMILES string of the molecule is Cc1ccc(O[C@@H](C)C(=O)N[C@@H]2CC(C)(C)Oc3ccc(C)cc32)cc1. The van der Waals surface area contributed by atoms with Gasteiger partial charge in [-0.1, -0.05) is 35.4 Å². The van der Waals surface area contributed by atoms with Crippen molar-refractivity contribution < 1.29 is 14.3 Å². The van der Waals surface area contributed by atoms with Gasteiger partial charge in [-0.25, -0.2) is 0 Å². The molecule has 0 bridgehead atoms. The van der Waals surface area contributed by atoms with Crippen LogP contribution in [0.15, 0.2) is 42.5 Å². The van der Waals surface area contributed by atoms with E-state index in [1.54, 1.807) is 6.92 Å². The maximum absolute atomic E-state index is 12.7. The highest BCUT2D eigenvalue weighted by Crippen LogP contribution is 2.39. The Morgan fingerprint density at radius 2 is 1.81 bits per heavy atom. The summed E-state index contributed by atoms with van der Waals surface area (Å²) in [5, 5.41) is 3.15. The van der Waals surface area contributed by atoms with Gasteiger partial charge in [-0.15, -0.1) is 0 Å². The first-order valence-corrected chi connectivity index (χ1v) is 9.07. The molecule has 1 aliphatic rings. The van der Waals surface area contributed by atoms with Gasteiger partial charge in [0.15, 0.2) is 6.10 Å². The zero-order valence-corrected chi connectivity index (χ0v) is 16.1. The molecule has 0 saturated carbocycles. The Morgan fingerprint density at radius 1 is 1.15 bits per heavy atom. The molecule has 0 unspecified atom stereocenters. The smallest absolute Gasteiger partial charge is 0.261 e. The van der Waals surface area contributed by atoms with Crippen molar-refractivity contribution in [3.63, 3.8) is 0 Å². The van der Waals surface area contributed by atoms with Crippen LogP contribution in [0.1, 0.15) is 49.9 Å². The number of carbonyl (C=O) groups is 1. The van der Waals surface area contributed by atoms with E-state index in [4.69, 9.17) is 9.47 Å². The molecule has 4 heteroatoms. The maximum Gasteiger partial charge on any atom is 0.261 e. The average molecular weight is 353 g/mol. The van der Waals surface area contributed by atoms with Crippen LogP contribution >= 0.6 is 0 Å². The van der Waals surface area contributed by atoms with Crippen LogP contribution in [0.4, 0.5) is 0 Å². The molecule has 2 aromatic carbocycles. The summed E-state index contributed by atoms with van der Waals surface area (Å²) in [4.78, 5) is 12.7. The fourth-order valence-electron chi connectivity index (χ4n) is 3.27. The third kappa shape index (κ3) is 4.18. The molecule has 0 spiro atoms. The number of carbonyl (C=O) groups excluding carboxylic acids is 1. The van der Waals surface area contributed by atoms with E-state index >= 15 is 0 Å². The Labute approximate surface area is 155 Å². The third-order valence-corrected chi connectivity index (χ3v) is 4.64. The summed E-state index contributed by atoms with van der Waals surface area (Å²) in [5.74, 6) is 1.41. The number of hydrogen-bond acceptors (Lipinski definition) is 3. The average Bonchev–Trinajstić information content (AvgIpc) is 2.57. The molecule has 138 valence electrons. The van der Waals surface area contributed by atoms with E-state index in [-0.39, 0.29) is 17.6 Å². The quantitative estimate of drug-likeness (QED) is 0.881. The van der Waals surface area contributed by atoms with Gasteiger partial charge < -0.3 is 14.8 Å². The minimum Gasteiger partial charge on any atom is -0.487 e. The molecule has 0 aliphatic carbocycles. The van der Waals surface area contributed by atoms with Crippen molar-refractivity contribution in [2.45, 2.75) is 58.8 Å². The van der Waals surface area contributed by atoms with Crippen LogP contribution in [-0.4, -0.2) is 17.6 Å². The van der Waals surface area contributed by atoms with E-state index in [9.17, 15) is 4.79 Å².